The van der Waals surface area contributed by atoms with Crippen LogP contribution in [0.5, 0.6) is 17.4 Å². The minimum absolute atomic E-state index is 0.0518. The van der Waals surface area contributed by atoms with E-state index in [9.17, 15) is 4.79 Å². The number of para-hydroxylation sites is 2. The predicted octanol–water partition coefficient (Wildman–Crippen LogP) is 5.43. The first-order valence-electron chi connectivity index (χ1n) is 9.05. The molecule has 0 saturated carbocycles. The fourth-order valence-corrected chi connectivity index (χ4v) is 2.66. The minimum atomic E-state index is -0.180. The number of methoxy groups -OCH3 is 1. The second kappa shape index (κ2) is 8.13. The van der Waals surface area contributed by atoms with E-state index in [1.807, 2.05) is 42.5 Å². The lowest BCUT2D eigenvalue weighted by Gasteiger charge is -2.19. The molecule has 0 saturated heterocycles. The van der Waals surface area contributed by atoms with Gasteiger partial charge in [0.2, 0.25) is 5.88 Å². The van der Waals surface area contributed by atoms with Crippen molar-refractivity contribution in [2.24, 2.45) is 0 Å². The van der Waals surface area contributed by atoms with E-state index in [4.69, 9.17) is 9.47 Å². The quantitative estimate of drug-likeness (QED) is 0.645. The third kappa shape index (κ3) is 4.68. The van der Waals surface area contributed by atoms with E-state index in [1.54, 1.807) is 31.5 Å². The Hall–Kier alpha value is -3.34. The molecule has 3 aromatic rings. The van der Waals surface area contributed by atoms with E-state index >= 15 is 0 Å². The molecule has 1 heterocycles. The Balaban J connectivity index is 1.66. The van der Waals surface area contributed by atoms with Gasteiger partial charge in [-0.05, 0) is 41.3 Å². The molecule has 0 unspecified atom stereocenters. The number of nitrogens with one attached hydrogen (secondary N) is 1. The largest absolute Gasteiger partial charge is 0.493 e. The van der Waals surface area contributed by atoms with E-state index in [-0.39, 0.29) is 11.3 Å². The van der Waals surface area contributed by atoms with Crippen molar-refractivity contribution in [3.05, 3.63) is 78.0 Å². The molecule has 0 atom stereocenters. The van der Waals surface area contributed by atoms with Crippen LogP contribution in [0.3, 0.4) is 0 Å². The van der Waals surface area contributed by atoms with E-state index in [2.05, 4.69) is 31.1 Å². The first-order valence-corrected chi connectivity index (χ1v) is 9.05. The fraction of sp³-hybridized carbons (Fsp3) is 0.217. The van der Waals surface area contributed by atoms with Crippen LogP contribution in [0.1, 0.15) is 36.7 Å². The maximum absolute atomic E-state index is 12.4. The van der Waals surface area contributed by atoms with Gasteiger partial charge in [-0.3, -0.25) is 4.79 Å². The number of hydrogen-bond acceptors (Lipinski definition) is 4. The Labute approximate surface area is 165 Å². The van der Waals surface area contributed by atoms with Crippen molar-refractivity contribution in [1.82, 2.24) is 4.98 Å². The summed E-state index contributed by atoms with van der Waals surface area (Å²) in [6.45, 7) is 6.42. The molecule has 144 valence electrons. The number of amides is 1. The molecule has 1 aromatic heterocycles. The Kier molecular flexibility index (Phi) is 5.64. The van der Waals surface area contributed by atoms with Gasteiger partial charge in [-0.2, -0.15) is 0 Å². The van der Waals surface area contributed by atoms with Gasteiger partial charge in [0.1, 0.15) is 0 Å². The zero-order chi connectivity index (χ0) is 20.1. The Bertz CT molecular complexity index is 943. The summed E-state index contributed by atoms with van der Waals surface area (Å²) in [5.41, 5.74) is 2.43. The monoisotopic (exact) mass is 376 g/mol. The highest BCUT2D eigenvalue weighted by Gasteiger charge is 2.14. The summed E-state index contributed by atoms with van der Waals surface area (Å²) in [6.07, 6.45) is 1.56. The summed E-state index contributed by atoms with van der Waals surface area (Å²) in [5, 5.41) is 2.85. The summed E-state index contributed by atoms with van der Waals surface area (Å²) >= 11 is 0. The number of pyridine rings is 1. The average Bonchev–Trinajstić information content (AvgIpc) is 2.69. The minimum Gasteiger partial charge on any atom is -0.493 e. The topological polar surface area (TPSA) is 60.5 Å². The number of carbonyl (C=O) groups is 1. The van der Waals surface area contributed by atoms with Crippen LogP contribution in [0.15, 0.2) is 66.9 Å². The van der Waals surface area contributed by atoms with Crippen LogP contribution in [0.25, 0.3) is 0 Å². The lowest BCUT2D eigenvalue weighted by Crippen LogP contribution is -2.14. The number of benzene rings is 2. The number of nitrogens with zero attached hydrogens (tertiary/aromatic N) is 1. The van der Waals surface area contributed by atoms with Gasteiger partial charge in [-0.1, -0.05) is 45.0 Å². The molecule has 5 nitrogen and oxygen atoms in total. The molecule has 0 aliphatic rings. The van der Waals surface area contributed by atoms with Gasteiger partial charge in [0.05, 0.1) is 19.0 Å². The first-order chi connectivity index (χ1) is 13.4. The van der Waals surface area contributed by atoms with E-state index in [0.29, 0.717) is 28.6 Å². The van der Waals surface area contributed by atoms with Crippen molar-refractivity contribution in [3.8, 4) is 17.4 Å². The van der Waals surface area contributed by atoms with Gasteiger partial charge < -0.3 is 14.8 Å². The first kappa shape index (κ1) is 19.4. The molecular formula is C23H24N2O3. The third-order valence-electron chi connectivity index (χ3n) is 4.29. The van der Waals surface area contributed by atoms with Crippen molar-refractivity contribution in [2.45, 2.75) is 26.2 Å². The van der Waals surface area contributed by atoms with E-state index in [0.717, 1.165) is 0 Å². The molecule has 3 rings (SSSR count). The number of anilines is 1. The maximum atomic E-state index is 12.4. The summed E-state index contributed by atoms with van der Waals surface area (Å²) < 4.78 is 11.0. The number of hydrogen-bond donors (Lipinski definition) is 1. The second-order valence-corrected chi connectivity index (χ2v) is 7.42. The van der Waals surface area contributed by atoms with E-state index in [1.165, 1.54) is 5.56 Å². The van der Waals surface area contributed by atoms with Gasteiger partial charge in [-0.25, -0.2) is 4.98 Å². The van der Waals surface area contributed by atoms with Gasteiger partial charge in [-0.15, -0.1) is 0 Å². The van der Waals surface area contributed by atoms with Crippen molar-refractivity contribution in [2.75, 3.05) is 12.4 Å². The van der Waals surface area contributed by atoms with Crippen LogP contribution in [-0.2, 0) is 5.41 Å². The standard InChI is InChI=1S/C23H24N2O3/c1-23(2,3)17-11-9-16(10-12-17)22(26)25-18-13-14-21(24-15-18)28-20-8-6-5-7-19(20)27-4/h5-15H,1-4H3,(H,25,26). The molecule has 0 aliphatic heterocycles. The summed E-state index contributed by atoms with van der Waals surface area (Å²) in [7, 11) is 1.59. The number of rotatable bonds is 5. The molecule has 0 fully saturated rings. The molecule has 28 heavy (non-hydrogen) atoms. The van der Waals surface area contributed by atoms with Crippen molar-refractivity contribution in [3.63, 3.8) is 0 Å². The smallest absolute Gasteiger partial charge is 0.255 e. The maximum Gasteiger partial charge on any atom is 0.255 e. The van der Waals surface area contributed by atoms with Gasteiger partial charge in [0.15, 0.2) is 11.5 Å². The van der Waals surface area contributed by atoms with E-state index < -0.39 is 0 Å². The zero-order valence-corrected chi connectivity index (χ0v) is 16.5. The summed E-state index contributed by atoms with van der Waals surface area (Å²) in [5.74, 6) is 1.44. The SMILES string of the molecule is COc1ccccc1Oc1ccc(NC(=O)c2ccc(C(C)(C)C)cc2)cn1. The Morgan fingerprint density at radius 3 is 2.18 bits per heavy atom. The Morgan fingerprint density at radius 2 is 1.61 bits per heavy atom. The van der Waals surface area contributed by atoms with Gasteiger partial charge in [0.25, 0.3) is 5.91 Å². The average molecular weight is 376 g/mol. The molecule has 1 N–H and O–H groups in total. The van der Waals surface area contributed by atoms with Crippen LogP contribution >= 0.6 is 0 Å². The highest BCUT2D eigenvalue weighted by molar-refractivity contribution is 6.04. The second-order valence-electron chi connectivity index (χ2n) is 7.42. The summed E-state index contributed by atoms with van der Waals surface area (Å²) in [6, 6.07) is 18.4. The van der Waals surface area contributed by atoms with Crippen molar-refractivity contribution >= 4 is 11.6 Å². The molecule has 0 radical (unpaired) electrons. The lowest BCUT2D eigenvalue weighted by atomic mass is 9.87. The molecule has 0 bridgehead atoms. The van der Waals surface area contributed by atoms with Crippen molar-refractivity contribution in [1.29, 1.82) is 0 Å². The highest BCUT2D eigenvalue weighted by atomic mass is 16.5. The van der Waals surface area contributed by atoms with Crippen LogP contribution in [0, 0.1) is 0 Å². The Morgan fingerprint density at radius 1 is 0.929 bits per heavy atom. The van der Waals surface area contributed by atoms with Gasteiger partial charge >= 0.3 is 0 Å². The molecule has 1 amide bonds. The molecule has 0 spiro atoms. The highest BCUT2D eigenvalue weighted by Crippen LogP contribution is 2.30. The lowest BCUT2D eigenvalue weighted by molar-refractivity contribution is 0.102. The van der Waals surface area contributed by atoms with Gasteiger partial charge in [0, 0.05) is 11.6 Å². The fourth-order valence-electron chi connectivity index (χ4n) is 2.66. The molecular weight excluding hydrogens is 352 g/mol. The van der Waals surface area contributed by atoms with Crippen molar-refractivity contribution < 1.29 is 14.3 Å². The third-order valence-corrected chi connectivity index (χ3v) is 4.29. The number of aromatic nitrogens is 1. The van der Waals surface area contributed by atoms with Crippen LogP contribution < -0.4 is 14.8 Å². The predicted molar refractivity (Wildman–Crippen MR) is 110 cm³/mol. The molecule has 0 aliphatic carbocycles. The molecule has 2 aromatic carbocycles. The van der Waals surface area contributed by atoms with Crippen LogP contribution in [0.2, 0.25) is 0 Å². The molecule has 5 heteroatoms. The van der Waals surface area contributed by atoms with Crippen LogP contribution in [-0.4, -0.2) is 18.0 Å². The zero-order valence-electron chi connectivity index (χ0n) is 16.5. The summed E-state index contributed by atoms with van der Waals surface area (Å²) in [4.78, 5) is 16.7. The number of ether oxygens (including phenoxy) is 2. The number of carbonyl (C=O) groups excluding carboxylic acids is 1. The normalized spacial score (nSPS) is 11.0. The van der Waals surface area contributed by atoms with Crippen LogP contribution in [0.4, 0.5) is 5.69 Å².